The summed E-state index contributed by atoms with van der Waals surface area (Å²) in [5.41, 5.74) is -2.67. The lowest BCUT2D eigenvalue weighted by Gasteiger charge is -2.51. The van der Waals surface area contributed by atoms with Gasteiger partial charge in [-0.3, -0.25) is 4.98 Å². The van der Waals surface area contributed by atoms with Crippen molar-refractivity contribution in [2.24, 2.45) is 0 Å². The van der Waals surface area contributed by atoms with Crippen LogP contribution >= 0.6 is 0 Å². The molecule has 0 radical (unpaired) electrons. The Morgan fingerprint density at radius 2 is 2.05 bits per heavy atom. The quantitative estimate of drug-likeness (QED) is 0.391. The molecule has 0 spiro atoms. The summed E-state index contributed by atoms with van der Waals surface area (Å²) in [6.07, 6.45) is -3.74. The predicted molar refractivity (Wildman–Crippen MR) is 64.1 cm³/mol. The molecule has 0 amide bonds. The Hall–Kier alpha value is -1.13. The number of aromatic nitrogens is 1. The van der Waals surface area contributed by atoms with Crippen molar-refractivity contribution in [2.75, 3.05) is 13.7 Å². The Kier molecular flexibility index (Phi) is 4.07. The minimum Gasteiger partial charge on any atom is -0.394 e. The minimum absolute atomic E-state index is 0.146. The van der Waals surface area contributed by atoms with E-state index in [2.05, 4.69) is 4.98 Å². The molecule has 0 unspecified atom stereocenters. The summed E-state index contributed by atoms with van der Waals surface area (Å²) in [7, 11) is 1.05. The van der Waals surface area contributed by atoms with E-state index < -0.39 is 36.5 Å². The molecule has 2 heterocycles. The second-order valence-corrected chi connectivity index (χ2v) is 4.54. The van der Waals surface area contributed by atoms with E-state index in [4.69, 9.17) is 14.6 Å². The van der Waals surface area contributed by atoms with Crippen LogP contribution in [0.2, 0.25) is 0 Å². The number of rotatable bonds is 3. The van der Waals surface area contributed by atoms with Crippen LogP contribution in [0, 0.1) is 0 Å². The first-order chi connectivity index (χ1) is 9.41. The van der Waals surface area contributed by atoms with Gasteiger partial charge >= 0.3 is 0 Å². The average Bonchev–Trinajstić information content (AvgIpc) is 2.49. The van der Waals surface area contributed by atoms with Gasteiger partial charge in [0.2, 0.25) is 11.4 Å². The molecule has 8 nitrogen and oxygen atoms in total. The Labute approximate surface area is 114 Å². The number of methoxy groups -OCH3 is 1. The predicted octanol–water partition coefficient (Wildman–Crippen LogP) is -2.33. The van der Waals surface area contributed by atoms with Gasteiger partial charge in [-0.2, -0.15) is 0 Å². The second kappa shape index (κ2) is 5.34. The van der Waals surface area contributed by atoms with Gasteiger partial charge < -0.3 is 35.0 Å². The van der Waals surface area contributed by atoms with E-state index in [0.29, 0.717) is 0 Å². The molecule has 0 aliphatic carbocycles. The zero-order chi connectivity index (χ0) is 15.0. The summed E-state index contributed by atoms with van der Waals surface area (Å²) in [5, 5.41) is 50.3. The van der Waals surface area contributed by atoms with Crippen LogP contribution in [0.3, 0.4) is 0 Å². The third kappa shape index (κ3) is 1.93. The van der Waals surface area contributed by atoms with Crippen molar-refractivity contribution in [1.29, 1.82) is 0 Å². The van der Waals surface area contributed by atoms with Crippen LogP contribution in [-0.4, -0.2) is 68.5 Å². The van der Waals surface area contributed by atoms with Crippen LogP contribution in [0.1, 0.15) is 5.69 Å². The Morgan fingerprint density at radius 3 is 2.55 bits per heavy atom. The largest absolute Gasteiger partial charge is 0.394 e. The fraction of sp³-hybridized carbons (Fsp3) is 0.583. The molecule has 1 fully saturated rings. The first-order valence-electron chi connectivity index (χ1n) is 5.95. The maximum Gasteiger partial charge on any atom is 0.235 e. The number of ether oxygens (including phenoxy) is 2. The minimum atomic E-state index is -2.60. The van der Waals surface area contributed by atoms with Crippen LogP contribution in [0.5, 0.6) is 0 Å². The van der Waals surface area contributed by atoms with Crippen molar-refractivity contribution in [1.82, 2.24) is 4.98 Å². The van der Waals surface area contributed by atoms with E-state index in [1.54, 1.807) is 6.07 Å². The first-order valence-corrected chi connectivity index (χ1v) is 5.95. The number of aliphatic hydroxyl groups is 5. The molecular weight excluding hydrogens is 270 g/mol. The fourth-order valence-electron chi connectivity index (χ4n) is 2.31. The van der Waals surface area contributed by atoms with Gasteiger partial charge in [-0.05, 0) is 12.1 Å². The lowest BCUT2D eigenvalue weighted by atomic mass is 9.80. The van der Waals surface area contributed by atoms with Gasteiger partial charge in [-0.15, -0.1) is 0 Å². The highest BCUT2D eigenvalue weighted by Gasteiger charge is 2.67. The monoisotopic (exact) mass is 287 g/mol. The lowest BCUT2D eigenvalue weighted by molar-refractivity contribution is -0.434. The van der Waals surface area contributed by atoms with Gasteiger partial charge in [0.15, 0.2) is 6.29 Å². The maximum absolute atomic E-state index is 10.7. The smallest absolute Gasteiger partial charge is 0.235 e. The third-order valence-electron chi connectivity index (χ3n) is 3.51. The van der Waals surface area contributed by atoms with Gasteiger partial charge in [-0.25, -0.2) is 0 Å². The molecule has 20 heavy (non-hydrogen) atoms. The molecule has 0 saturated carbocycles. The van der Waals surface area contributed by atoms with Crippen molar-refractivity contribution in [3.8, 4) is 0 Å². The van der Waals surface area contributed by atoms with Gasteiger partial charge in [0.05, 0.1) is 12.3 Å². The summed E-state index contributed by atoms with van der Waals surface area (Å²) >= 11 is 0. The highest BCUT2D eigenvalue weighted by molar-refractivity contribution is 5.21. The standard InChI is InChI=1S/C12H17NO7/c1-19-12(18)9(15)7(6-14)20-10(16)11(12,17)8-4-2-3-5-13-8/h2-5,7,9-10,14-18H,6H2,1H3/t7-,9-,10-,11+,12-/m1/s1. The van der Waals surface area contributed by atoms with Crippen molar-refractivity contribution in [2.45, 2.75) is 29.9 Å². The van der Waals surface area contributed by atoms with Crippen molar-refractivity contribution in [3.63, 3.8) is 0 Å². The van der Waals surface area contributed by atoms with Gasteiger partial charge in [0.1, 0.15) is 12.2 Å². The van der Waals surface area contributed by atoms with Crippen LogP contribution < -0.4 is 0 Å². The molecule has 1 aromatic heterocycles. The molecule has 5 N–H and O–H groups in total. The summed E-state index contributed by atoms with van der Waals surface area (Å²) in [6, 6.07) is 4.43. The first kappa shape index (κ1) is 15.3. The van der Waals surface area contributed by atoms with Gasteiger partial charge in [0, 0.05) is 13.3 Å². The van der Waals surface area contributed by atoms with Gasteiger partial charge in [0.25, 0.3) is 0 Å². The average molecular weight is 287 g/mol. The van der Waals surface area contributed by atoms with Crippen molar-refractivity contribution in [3.05, 3.63) is 30.1 Å². The Balaban J connectivity index is 2.54. The van der Waals surface area contributed by atoms with E-state index in [1.165, 1.54) is 18.3 Å². The number of nitrogens with zero attached hydrogens (tertiary/aromatic N) is 1. The topological polar surface area (TPSA) is 132 Å². The third-order valence-corrected chi connectivity index (χ3v) is 3.51. The van der Waals surface area contributed by atoms with Crippen molar-refractivity contribution < 1.29 is 35.0 Å². The zero-order valence-electron chi connectivity index (χ0n) is 10.7. The normalized spacial score (nSPS) is 41.6. The van der Waals surface area contributed by atoms with Gasteiger partial charge in [-0.1, -0.05) is 6.07 Å². The highest BCUT2D eigenvalue weighted by atomic mass is 16.7. The Bertz CT molecular complexity index is 458. The molecule has 1 aromatic rings. The van der Waals surface area contributed by atoms with Crippen LogP contribution in [-0.2, 0) is 15.1 Å². The molecular formula is C12H17NO7. The molecule has 0 bridgehead atoms. The maximum atomic E-state index is 10.7. The number of hydrogen-bond acceptors (Lipinski definition) is 8. The van der Waals surface area contributed by atoms with Crippen LogP contribution in [0.15, 0.2) is 24.4 Å². The number of aliphatic hydroxyl groups excluding tert-OH is 3. The molecule has 1 aliphatic rings. The SMILES string of the molecule is CO[C@]1(O)[C@H](O)[C@@H](CO)O[C@@H](O)[C@@]1(O)c1ccccn1. The van der Waals surface area contributed by atoms with Crippen LogP contribution in [0.4, 0.5) is 0 Å². The van der Waals surface area contributed by atoms with E-state index in [9.17, 15) is 20.4 Å². The summed E-state index contributed by atoms with van der Waals surface area (Å²) in [4.78, 5) is 3.85. The van der Waals surface area contributed by atoms with E-state index >= 15 is 0 Å². The molecule has 2 rings (SSSR count). The second-order valence-electron chi connectivity index (χ2n) is 4.54. The lowest BCUT2D eigenvalue weighted by Crippen LogP contribution is -2.73. The summed E-state index contributed by atoms with van der Waals surface area (Å²) < 4.78 is 9.77. The molecule has 5 atom stereocenters. The number of hydrogen-bond donors (Lipinski definition) is 5. The van der Waals surface area contributed by atoms with Crippen LogP contribution in [0.25, 0.3) is 0 Å². The fourth-order valence-corrected chi connectivity index (χ4v) is 2.31. The molecule has 112 valence electrons. The molecule has 0 aromatic carbocycles. The van der Waals surface area contributed by atoms with E-state index in [1.807, 2.05) is 0 Å². The number of pyridine rings is 1. The summed E-state index contributed by atoms with van der Waals surface area (Å²) in [6.45, 7) is -0.678. The Morgan fingerprint density at radius 1 is 1.35 bits per heavy atom. The molecule has 1 aliphatic heterocycles. The highest BCUT2D eigenvalue weighted by Crippen LogP contribution is 2.43. The summed E-state index contributed by atoms with van der Waals surface area (Å²) in [5.74, 6) is -2.60. The van der Waals surface area contributed by atoms with E-state index in [-0.39, 0.29) is 5.69 Å². The van der Waals surface area contributed by atoms with E-state index in [0.717, 1.165) is 7.11 Å². The zero-order valence-corrected chi connectivity index (χ0v) is 10.7. The molecule has 1 saturated heterocycles. The molecule has 8 heteroatoms. The van der Waals surface area contributed by atoms with Crippen molar-refractivity contribution >= 4 is 0 Å².